The lowest BCUT2D eigenvalue weighted by atomic mass is 9.96. The molecule has 1 amide bonds. The average Bonchev–Trinajstić information content (AvgIpc) is 3.18. The number of carbonyl (C=O) groups excluding carboxylic acids is 1. The van der Waals surface area contributed by atoms with E-state index in [1.807, 2.05) is 0 Å². The van der Waals surface area contributed by atoms with E-state index in [-0.39, 0.29) is 29.1 Å². The van der Waals surface area contributed by atoms with Gasteiger partial charge in [-0.05, 0) is 74.4 Å². The first-order chi connectivity index (χ1) is 18.6. The van der Waals surface area contributed by atoms with Crippen LogP contribution in [-0.4, -0.2) is 23.5 Å². The molecular weight excluding hydrogens is 550 g/mol. The fourth-order valence-electron chi connectivity index (χ4n) is 4.62. The molecule has 1 aromatic heterocycles. The summed E-state index contributed by atoms with van der Waals surface area (Å²) in [7, 11) is 0. The van der Waals surface area contributed by atoms with E-state index in [1.165, 1.54) is 67.3 Å². The highest BCUT2D eigenvalue weighted by Gasteiger charge is 2.44. The van der Waals surface area contributed by atoms with Crippen LogP contribution in [0.15, 0.2) is 66.7 Å². The largest absolute Gasteiger partial charge is 0.435 e. The van der Waals surface area contributed by atoms with E-state index in [0.29, 0.717) is 0 Å². The molecule has 0 saturated carbocycles. The van der Waals surface area contributed by atoms with Crippen molar-refractivity contribution in [2.24, 2.45) is 0 Å². The highest BCUT2D eigenvalue weighted by Crippen LogP contribution is 2.41. The minimum atomic E-state index is -4.69. The van der Waals surface area contributed by atoms with Crippen LogP contribution >= 0.6 is 0 Å². The van der Waals surface area contributed by atoms with E-state index < -0.39 is 53.8 Å². The molecule has 2 aromatic carbocycles. The number of nitrogens with one attached hydrogen (secondary N) is 1. The molecule has 5 nitrogen and oxygen atoms in total. The first kappa shape index (κ1) is 29.2. The number of alkyl halides is 8. The Hall–Kier alpha value is -3.74. The normalized spacial score (nSPS) is 18.5. The molecule has 40 heavy (non-hydrogen) atoms. The zero-order chi connectivity index (χ0) is 29.5. The summed E-state index contributed by atoms with van der Waals surface area (Å²) in [6.07, 6.45) is -9.38. The zero-order valence-electron chi connectivity index (χ0n) is 21.0. The molecule has 214 valence electrons. The third kappa shape index (κ3) is 6.35. The maximum absolute atomic E-state index is 13.7. The van der Waals surface area contributed by atoms with Crippen LogP contribution in [-0.2, 0) is 22.7 Å². The summed E-state index contributed by atoms with van der Waals surface area (Å²) in [6, 6.07) is 10.9. The topological polar surface area (TPSA) is 54.5 Å². The fourth-order valence-corrected chi connectivity index (χ4v) is 4.62. The molecule has 0 aliphatic carbocycles. The second-order valence-electron chi connectivity index (χ2n) is 9.68. The molecule has 1 fully saturated rings. The van der Waals surface area contributed by atoms with Gasteiger partial charge in [0.05, 0.1) is 28.9 Å². The van der Waals surface area contributed by atoms with Gasteiger partial charge in [0.1, 0.15) is 11.4 Å². The number of carbonyl (C=O) groups is 1. The Morgan fingerprint density at radius 3 is 2.12 bits per heavy atom. The van der Waals surface area contributed by atoms with Gasteiger partial charge in [0, 0.05) is 5.69 Å². The van der Waals surface area contributed by atoms with Gasteiger partial charge in [-0.2, -0.15) is 35.1 Å². The van der Waals surface area contributed by atoms with Crippen molar-refractivity contribution in [3.63, 3.8) is 0 Å². The van der Waals surface area contributed by atoms with Gasteiger partial charge in [-0.15, -0.1) is 0 Å². The van der Waals surface area contributed by atoms with Crippen LogP contribution in [0.4, 0.5) is 40.8 Å². The van der Waals surface area contributed by atoms with Gasteiger partial charge in [0.2, 0.25) is 5.91 Å². The third-order valence-corrected chi connectivity index (χ3v) is 6.46. The summed E-state index contributed by atoms with van der Waals surface area (Å²) in [6.45, 7) is -0.0278. The summed E-state index contributed by atoms with van der Waals surface area (Å²) in [4.78, 5) is 18.6. The van der Waals surface area contributed by atoms with E-state index in [9.17, 15) is 39.9 Å². The molecule has 0 unspecified atom stereocenters. The number of halogens is 8. The standard InChI is InChI=1S/C27H23F8N3O2/c1-25(2,21-7-4-8-22(36-21)27(33,34)35)37-19-14-20(15-5-3-6-16(13-15)26(30,31)32)38(23(19)39)17-9-11-18(12-10-17)40-24(28)29/h3-13,19-20,24,37H,14H2,1-2H3/t19-,20-/m1/s1. The molecular formula is C27H23F8N3O2. The lowest BCUT2D eigenvalue weighted by Crippen LogP contribution is -2.48. The number of hydrogen-bond acceptors (Lipinski definition) is 4. The van der Waals surface area contributed by atoms with Crippen LogP contribution in [0, 0.1) is 0 Å². The summed E-state index contributed by atoms with van der Waals surface area (Å²) in [5.41, 5.74) is -2.94. The first-order valence-corrected chi connectivity index (χ1v) is 11.9. The van der Waals surface area contributed by atoms with Crippen LogP contribution in [0.5, 0.6) is 5.75 Å². The summed E-state index contributed by atoms with van der Waals surface area (Å²) in [5.74, 6) is -0.766. The SMILES string of the molecule is CC(C)(N[C@@H]1C[C@H](c2cccc(C(F)(F)F)c2)N(c2ccc(OC(F)F)cc2)C1=O)c1cccc(C(F)(F)F)n1. The Bertz CT molecular complexity index is 1360. The van der Waals surface area contributed by atoms with Gasteiger partial charge < -0.3 is 9.64 Å². The van der Waals surface area contributed by atoms with Gasteiger partial charge in [-0.1, -0.05) is 18.2 Å². The molecule has 0 bridgehead atoms. The fraction of sp³-hybridized carbons (Fsp3) is 0.333. The first-order valence-electron chi connectivity index (χ1n) is 11.9. The number of hydrogen-bond donors (Lipinski definition) is 1. The van der Waals surface area contributed by atoms with E-state index in [2.05, 4.69) is 15.0 Å². The molecule has 0 radical (unpaired) electrons. The Labute approximate surface area is 223 Å². The molecule has 2 atom stereocenters. The van der Waals surface area contributed by atoms with Crippen molar-refractivity contribution >= 4 is 11.6 Å². The lowest BCUT2D eigenvalue weighted by molar-refractivity contribution is -0.141. The van der Waals surface area contributed by atoms with Crippen molar-refractivity contribution in [2.75, 3.05) is 4.90 Å². The maximum atomic E-state index is 13.7. The van der Waals surface area contributed by atoms with Gasteiger partial charge in [-0.3, -0.25) is 10.1 Å². The minimum Gasteiger partial charge on any atom is -0.435 e. The molecule has 13 heteroatoms. The molecule has 0 spiro atoms. The summed E-state index contributed by atoms with van der Waals surface area (Å²) in [5, 5.41) is 3.01. The Morgan fingerprint density at radius 2 is 1.52 bits per heavy atom. The number of anilines is 1. The molecule has 1 aliphatic rings. The molecule has 3 aromatic rings. The molecule has 4 rings (SSSR count). The number of benzene rings is 2. The number of nitrogens with zero attached hydrogens (tertiary/aromatic N) is 2. The van der Waals surface area contributed by atoms with Crippen LogP contribution in [0.1, 0.15) is 48.8 Å². The van der Waals surface area contributed by atoms with Crippen molar-refractivity contribution in [1.29, 1.82) is 0 Å². The number of rotatable bonds is 7. The van der Waals surface area contributed by atoms with Crippen LogP contribution < -0.4 is 15.0 Å². The smallest absolute Gasteiger partial charge is 0.433 e. The van der Waals surface area contributed by atoms with Gasteiger partial charge in [-0.25, -0.2) is 4.98 Å². The van der Waals surface area contributed by atoms with Crippen molar-refractivity contribution in [3.8, 4) is 5.75 Å². The molecule has 1 saturated heterocycles. The highest BCUT2D eigenvalue weighted by molar-refractivity contribution is 6.00. The zero-order valence-corrected chi connectivity index (χ0v) is 21.0. The summed E-state index contributed by atoms with van der Waals surface area (Å²) >= 11 is 0. The maximum Gasteiger partial charge on any atom is 0.433 e. The van der Waals surface area contributed by atoms with E-state index in [4.69, 9.17) is 0 Å². The van der Waals surface area contributed by atoms with Gasteiger partial charge >= 0.3 is 19.0 Å². The predicted molar refractivity (Wildman–Crippen MR) is 129 cm³/mol. The van der Waals surface area contributed by atoms with Crippen LogP contribution in [0.2, 0.25) is 0 Å². The number of pyridine rings is 1. The number of amides is 1. The Kier molecular flexibility index (Phi) is 7.81. The third-order valence-electron chi connectivity index (χ3n) is 6.46. The highest BCUT2D eigenvalue weighted by atomic mass is 19.4. The number of ether oxygens (including phenoxy) is 1. The van der Waals surface area contributed by atoms with Gasteiger partial charge in [0.15, 0.2) is 0 Å². The monoisotopic (exact) mass is 573 g/mol. The van der Waals surface area contributed by atoms with Crippen LogP contribution in [0.25, 0.3) is 0 Å². The molecule has 1 N–H and O–H groups in total. The van der Waals surface area contributed by atoms with E-state index in [1.54, 1.807) is 0 Å². The second kappa shape index (κ2) is 10.7. The van der Waals surface area contributed by atoms with Crippen molar-refractivity contribution < 1.29 is 44.7 Å². The average molecular weight is 573 g/mol. The predicted octanol–water partition coefficient (Wildman–Crippen LogP) is 7.09. The Morgan fingerprint density at radius 1 is 0.900 bits per heavy atom. The Balaban J connectivity index is 1.70. The van der Waals surface area contributed by atoms with Crippen molar-refractivity contribution in [2.45, 2.75) is 56.9 Å². The molecule has 2 heterocycles. The number of aromatic nitrogens is 1. The molecule has 1 aliphatic heterocycles. The van der Waals surface area contributed by atoms with Gasteiger partial charge in [0.25, 0.3) is 0 Å². The van der Waals surface area contributed by atoms with Crippen LogP contribution in [0.3, 0.4) is 0 Å². The van der Waals surface area contributed by atoms with E-state index >= 15 is 0 Å². The summed E-state index contributed by atoms with van der Waals surface area (Å²) < 4.78 is 110. The van der Waals surface area contributed by atoms with E-state index in [0.717, 1.165) is 18.2 Å². The lowest BCUT2D eigenvalue weighted by Gasteiger charge is -2.29. The second-order valence-corrected chi connectivity index (χ2v) is 9.68. The quantitative estimate of drug-likeness (QED) is 0.307. The minimum absolute atomic E-state index is 0.00213. The van der Waals surface area contributed by atoms with Crippen molar-refractivity contribution in [1.82, 2.24) is 10.3 Å². The van der Waals surface area contributed by atoms with Crippen molar-refractivity contribution in [3.05, 3.63) is 89.2 Å².